The lowest BCUT2D eigenvalue weighted by Gasteiger charge is -2.06. The fraction of sp³-hybridized carbons (Fsp3) is 0.417. The normalized spacial score (nSPS) is 12.7. The average molecular weight is 236 g/mol. The van der Waals surface area contributed by atoms with Gasteiger partial charge in [-0.05, 0) is 6.92 Å². The van der Waals surface area contributed by atoms with Crippen LogP contribution < -0.4 is 9.47 Å². The van der Waals surface area contributed by atoms with Crippen LogP contribution in [0.3, 0.4) is 0 Å². The van der Waals surface area contributed by atoms with Crippen LogP contribution in [0.25, 0.3) is 11.0 Å². The van der Waals surface area contributed by atoms with E-state index in [2.05, 4.69) is 9.97 Å². The second-order valence-corrected chi connectivity index (χ2v) is 3.72. The number of hydrogen-bond acceptors (Lipinski definition) is 4. The Morgan fingerprint density at radius 3 is 2.35 bits per heavy atom. The molecule has 17 heavy (non-hydrogen) atoms. The van der Waals surface area contributed by atoms with Gasteiger partial charge in [0.2, 0.25) is 0 Å². The molecule has 0 aliphatic heterocycles. The van der Waals surface area contributed by atoms with Crippen molar-refractivity contribution in [2.45, 2.75) is 13.0 Å². The van der Waals surface area contributed by atoms with Crippen molar-refractivity contribution in [1.82, 2.24) is 9.97 Å². The SMILES string of the molecule is COc1cc2nc(C(C)OC)[nH]c2cc1OC. The molecule has 2 rings (SSSR count). The predicted octanol–water partition coefficient (Wildman–Crippen LogP) is 2.29. The number of rotatable bonds is 4. The maximum absolute atomic E-state index is 5.24. The lowest BCUT2D eigenvalue weighted by atomic mass is 10.3. The Hall–Kier alpha value is -1.75. The summed E-state index contributed by atoms with van der Waals surface area (Å²) in [6.07, 6.45) is -0.0700. The number of aromatic nitrogens is 2. The van der Waals surface area contributed by atoms with E-state index < -0.39 is 0 Å². The third kappa shape index (κ3) is 2.06. The van der Waals surface area contributed by atoms with Crippen LogP contribution >= 0.6 is 0 Å². The molecule has 1 atom stereocenters. The van der Waals surface area contributed by atoms with Crippen LogP contribution in [0.1, 0.15) is 18.9 Å². The van der Waals surface area contributed by atoms with Crippen LogP contribution in [-0.4, -0.2) is 31.3 Å². The Balaban J connectivity index is 2.53. The topological polar surface area (TPSA) is 56.4 Å². The summed E-state index contributed by atoms with van der Waals surface area (Å²) in [5.74, 6) is 2.14. The van der Waals surface area contributed by atoms with E-state index in [4.69, 9.17) is 14.2 Å². The molecule has 92 valence electrons. The van der Waals surface area contributed by atoms with Gasteiger partial charge in [0.25, 0.3) is 0 Å². The summed E-state index contributed by atoms with van der Waals surface area (Å²) >= 11 is 0. The third-order valence-electron chi connectivity index (χ3n) is 2.74. The van der Waals surface area contributed by atoms with Gasteiger partial charge in [-0.25, -0.2) is 4.98 Å². The van der Waals surface area contributed by atoms with E-state index in [-0.39, 0.29) is 6.10 Å². The number of benzene rings is 1. The second kappa shape index (κ2) is 4.63. The van der Waals surface area contributed by atoms with E-state index >= 15 is 0 Å². The fourth-order valence-electron chi connectivity index (χ4n) is 1.66. The summed E-state index contributed by atoms with van der Waals surface area (Å²) in [6.45, 7) is 1.94. The van der Waals surface area contributed by atoms with Gasteiger partial charge in [0.1, 0.15) is 11.9 Å². The van der Waals surface area contributed by atoms with Gasteiger partial charge in [0.05, 0.1) is 25.3 Å². The van der Waals surface area contributed by atoms with Crippen molar-refractivity contribution in [3.05, 3.63) is 18.0 Å². The Morgan fingerprint density at radius 2 is 1.76 bits per heavy atom. The molecule has 0 amide bonds. The molecule has 0 saturated heterocycles. The number of nitrogens with one attached hydrogen (secondary N) is 1. The smallest absolute Gasteiger partial charge is 0.163 e. The molecule has 0 radical (unpaired) electrons. The van der Waals surface area contributed by atoms with Crippen LogP contribution in [0.5, 0.6) is 11.5 Å². The minimum absolute atomic E-state index is 0.0700. The zero-order chi connectivity index (χ0) is 12.4. The molecule has 1 heterocycles. The molecule has 0 aliphatic rings. The quantitative estimate of drug-likeness (QED) is 0.884. The molecule has 1 aromatic heterocycles. The van der Waals surface area contributed by atoms with Crippen molar-refractivity contribution in [3.63, 3.8) is 0 Å². The molecule has 5 nitrogen and oxygen atoms in total. The number of nitrogens with zero attached hydrogens (tertiary/aromatic N) is 1. The maximum Gasteiger partial charge on any atom is 0.163 e. The molecule has 0 fully saturated rings. The van der Waals surface area contributed by atoms with Gasteiger partial charge >= 0.3 is 0 Å². The summed E-state index contributed by atoms with van der Waals surface area (Å²) in [4.78, 5) is 7.65. The van der Waals surface area contributed by atoms with E-state index in [1.54, 1.807) is 21.3 Å². The zero-order valence-electron chi connectivity index (χ0n) is 10.4. The number of fused-ring (bicyclic) bond motifs is 1. The van der Waals surface area contributed by atoms with Crippen molar-refractivity contribution in [3.8, 4) is 11.5 Å². The Labute approximate surface area is 99.7 Å². The molecule has 0 bridgehead atoms. The molecule has 5 heteroatoms. The monoisotopic (exact) mass is 236 g/mol. The van der Waals surface area contributed by atoms with Crippen molar-refractivity contribution in [1.29, 1.82) is 0 Å². The highest BCUT2D eigenvalue weighted by molar-refractivity contribution is 5.79. The molecular formula is C12H16N2O3. The predicted molar refractivity (Wildman–Crippen MR) is 64.6 cm³/mol. The Morgan fingerprint density at radius 1 is 1.12 bits per heavy atom. The first-order chi connectivity index (χ1) is 8.19. The van der Waals surface area contributed by atoms with Crippen molar-refractivity contribution in [2.75, 3.05) is 21.3 Å². The fourth-order valence-corrected chi connectivity index (χ4v) is 1.66. The number of aromatic amines is 1. The van der Waals surface area contributed by atoms with Gasteiger partial charge in [-0.15, -0.1) is 0 Å². The molecule has 1 aromatic carbocycles. The lowest BCUT2D eigenvalue weighted by Crippen LogP contribution is -1.97. The minimum atomic E-state index is -0.0700. The summed E-state index contributed by atoms with van der Waals surface area (Å²) in [7, 11) is 4.87. The van der Waals surface area contributed by atoms with Gasteiger partial charge in [-0.3, -0.25) is 0 Å². The summed E-state index contributed by atoms with van der Waals surface area (Å²) in [6, 6.07) is 3.71. The Bertz CT molecular complexity index is 481. The van der Waals surface area contributed by atoms with Crippen LogP contribution in [0.15, 0.2) is 12.1 Å². The van der Waals surface area contributed by atoms with Crippen molar-refractivity contribution in [2.24, 2.45) is 0 Å². The molecule has 1 N–H and O–H groups in total. The first-order valence-corrected chi connectivity index (χ1v) is 5.34. The van der Waals surface area contributed by atoms with Gasteiger partial charge in [0.15, 0.2) is 11.5 Å². The standard InChI is InChI=1S/C12H16N2O3/c1-7(15-2)12-13-8-5-10(16-3)11(17-4)6-9(8)14-12/h5-7H,1-4H3,(H,13,14). The highest BCUT2D eigenvalue weighted by Crippen LogP contribution is 2.31. The van der Waals surface area contributed by atoms with Crippen molar-refractivity contribution >= 4 is 11.0 Å². The molecule has 0 saturated carbocycles. The molecular weight excluding hydrogens is 220 g/mol. The first-order valence-electron chi connectivity index (χ1n) is 5.34. The van der Waals surface area contributed by atoms with Gasteiger partial charge in [-0.2, -0.15) is 0 Å². The average Bonchev–Trinajstić information content (AvgIpc) is 2.78. The third-order valence-corrected chi connectivity index (χ3v) is 2.74. The van der Waals surface area contributed by atoms with Crippen LogP contribution in [0, 0.1) is 0 Å². The molecule has 0 spiro atoms. The second-order valence-electron chi connectivity index (χ2n) is 3.72. The number of ether oxygens (including phenoxy) is 3. The first kappa shape index (κ1) is 11.7. The summed E-state index contributed by atoms with van der Waals surface area (Å²) < 4.78 is 15.7. The van der Waals surface area contributed by atoms with Crippen LogP contribution in [0.2, 0.25) is 0 Å². The molecule has 1 unspecified atom stereocenters. The highest BCUT2D eigenvalue weighted by atomic mass is 16.5. The zero-order valence-corrected chi connectivity index (χ0v) is 10.4. The number of imidazole rings is 1. The Kier molecular flexibility index (Phi) is 3.19. The van der Waals surface area contributed by atoms with E-state index in [0.717, 1.165) is 16.9 Å². The number of H-pyrrole nitrogens is 1. The van der Waals surface area contributed by atoms with E-state index in [0.29, 0.717) is 11.5 Å². The maximum atomic E-state index is 5.24. The summed E-state index contributed by atoms with van der Waals surface area (Å²) in [5, 5.41) is 0. The number of methoxy groups -OCH3 is 3. The van der Waals surface area contributed by atoms with E-state index in [1.165, 1.54) is 0 Å². The van der Waals surface area contributed by atoms with Gasteiger partial charge in [-0.1, -0.05) is 0 Å². The summed E-state index contributed by atoms with van der Waals surface area (Å²) in [5.41, 5.74) is 1.74. The number of hydrogen-bond donors (Lipinski definition) is 1. The van der Waals surface area contributed by atoms with Gasteiger partial charge in [0, 0.05) is 19.2 Å². The highest BCUT2D eigenvalue weighted by Gasteiger charge is 2.13. The van der Waals surface area contributed by atoms with E-state index in [9.17, 15) is 0 Å². The molecule has 0 aliphatic carbocycles. The minimum Gasteiger partial charge on any atom is -0.493 e. The van der Waals surface area contributed by atoms with Crippen LogP contribution in [-0.2, 0) is 4.74 Å². The van der Waals surface area contributed by atoms with E-state index in [1.807, 2.05) is 19.1 Å². The van der Waals surface area contributed by atoms with Gasteiger partial charge < -0.3 is 19.2 Å². The lowest BCUT2D eigenvalue weighted by molar-refractivity contribution is 0.113. The van der Waals surface area contributed by atoms with Crippen molar-refractivity contribution < 1.29 is 14.2 Å². The molecule has 2 aromatic rings. The largest absolute Gasteiger partial charge is 0.493 e. The van der Waals surface area contributed by atoms with Crippen LogP contribution in [0.4, 0.5) is 0 Å².